The lowest BCUT2D eigenvalue weighted by Gasteiger charge is -2.24. The van der Waals surface area contributed by atoms with Gasteiger partial charge in [0.15, 0.2) is 11.6 Å². The Hall–Kier alpha value is -3.75. The standard InChI is InChI=1S/C20H16F2N4O3/c1-29-13-5-2-11(3-6-13)14-10-23-26-17(9-18(27)25-19(14)26)20(28)24-12-4-7-15(21)16(22)8-12/h2-8,10,17H,9H2,1H3,(H,24,28)(H,25,27). The summed E-state index contributed by atoms with van der Waals surface area (Å²) in [5.74, 6) is -1.93. The molecule has 7 nitrogen and oxygen atoms in total. The Kier molecular flexibility index (Phi) is 4.71. The summed E-state index contributed by atoms with van der Waals surface area (Å²) in [6.45, 7) is 0. The minimum Gasteiger partial charge on any atom is -0.497 e. The number of aromatic nitrogens is 2. The van der Waals surface area contributed by atoms with E-state index < -0.39 is 23.6 Å². The van der Waals surface area contributed by atoms with Gasteiger partial charge in [-0.2, -0.15) is 5.10 Å². The van der Waals surface area contributed by atoms with Crippen molar-refractivity contribution in [2.75, 3.05) is 17.7 Å². The number of fused-ring (bicyclic) bond motifs is 1. The van der Waals surface area contributed by atoms with E-state index in [1.165, 1.54) is 10.7 Å². The van der Waals surface area contributed by atoms with Gasteiger partial charge in [0.25, 0.3) is 0 Å². The highest BCUT2D eigenvalue weighted by Gasteiger charge is 2.33. The van der Waals surface area contributed by atoms with E-state index in [0.717, 1.165) is 17.7 Å². The van der Waals surface area contributed by atoms with Gasteiger partial charge in [-0.3, -0.25) is 9.59 Å². The first-order valence-electron chi connectivity index (χ1n) is 8.74. The average Bonchev–Trinajstić information content (AvgIpc) is 3.13. The molecule has 0 spiro atoms. The summed E-state index contributed by atoms with van der Waals surface area (Å²) in [4.78, 5) is 24.9. The van der Waals surface area contributed by atoms with Gasteiger partial charge in [-0.1, -0.05) is 12.1 Å². The fourth-order valence-corrected chi connectivity index (χ4v) is 3.15. The first-order valence-corrected chi connectivity index (χ1v) is 8.74. The van der Waals surface area contributed by atoms with Crippen molar-refractivity contribution in [1.29, 1.82) is 0 Å². The van der Waals surface area contributed by atoms with Crippen molar-refractivity contribution < 1.29 is 23.1 Å². The zero-order valence-electron chi connectivity index (χ0n) is 15.3. The second-order valence-electron chi connectivity index (χ2n) is 6.47. The van der Waals surface area contributed by atoms with Gasteiger partial charge in [0.1, 0.15) is 17.6 Å². The van der Waals surface area contributed by atoms with E-state index in [1.807, 2.05) is 12.1 Å². The number of carbonyl (C=O) groups is 2. The first kappa shape index (κ1) is 18.6. The molecule has 0 saturated carbocycles. The summed E-state index contributed by atoms with van der Waals surface area (Å²) in [5, 5.41) is 9.51. The largest absolute Gasteiger partial charge is 0.497 e. The predicted octanol–water partition coefficient (Wildman–Crippen LogP) is 3.36. The summed E-state index contributed by atoms with van der Waals surface area (Å²) < 4.78 is 33.0. The Morgan fingerprint density at radius 1 is 1.21 bits per heavy atom. The SMILES string of the molecule is COc1ccc(-c2cnn3c2NC(=O)CC3C(=O)Nc2ccc(F)c(F)c2)cc1. The number of anilines is 2. The summed E-state index contributed by atoms with van der Waals surface area (Å²) in [5.41, 5.74) is 1.52. The molecule has 1 aliphatic heterocycles. The second kappa shape index (κ2) is 7.34. The molecule has 2 N–H and O–H groups in total. The predicted molar refractivity (Wildman–Crippen MR) is 101 cm³/mol. The maximum absolute atomic E-state index is 13.4. The molecule has 3 aromatic rings. The van der Waals surface area contributed by atoms with E-state index in [1.54, 1.807) is 25.4 Å². The number of nitrogens with zero attached hydrogens (tertiary/aromatic N) is 2. The maximum Gasteiger partial charge on any atom is 0.249 e. The van der Waals surface area contributed by atoms with Gasteiger partial charge in [0.05, 0.1) is 19.7 Å². The van der Waals surface area contributed by atoms with Crippen molar-refractivity contribution in [1.82, 2.24) is 9.78 Å². The quantitative estimate of drug-likeness (QED) is 0.706. The Morgan fingerprint density at radius 2 is 1.97 bits per heavy atom. The minimum absolute atomic E-state index is 0.0870. The summed E-state index contributed by atoms with van der Waals surface area (Å²) in [6, 6.07) is 9.28. The van der Waals surface area contributed by atoms with Gasteiger partial charge in [0, 0.05) is 17.3 Å². The molecule has 9 heteroatoms. The van der Waals surface area contributed by atoms with E-state index >= 15 is 0 Å². The molecule has 0 radical (unpaired) electrons. The fraction of sp³-hybridized carbons (Fsp3) is 0.150. The van der Waals surface area contributed by atoms with Crippen molar-refractivity contribution in [3.05, 3.63) is 60.3 Å². The van der Waals surface area contributed by atoms with E-state index in [-0.39, 0.29) is 18.0 Å². The molecule has 1 unspecified atom stereocenters. The summed E-state index contributed by atoms with van der Waals surface area (Å²) in [6.07, 6.45) is 1.42. The number of benzene rings is 2. The van der Waals surface area contributed by atoms with E-state index in [2.05, 4.69) is 15.7 Å². The van der Waals surface area contributed by atoms with Crippen LogP contribution in [0.3, 0.4) is 0 Å². The molecule has 1 aliphatic rings. The van der Waals surface area contributed by atoms with Crippen molar-refractivity contribution in [3.63, 3.8) is 0 Å². The molecule has 0 aliphatic carbocycles. The molecule has 2 amide bonds. The number of methoxy groups -OCH3 is 1. The van der Waals surface area contributed by atoms with E-state index in [4.69, 9.17) is 4.74 Å². The topological polar surface area (TPSA) is 85.2 Å². The zero-order chi connectivity index (χ0) is 20.5. The molecule has 1 aromatic heterocycles. The zero-order valence-corrected chi connectivity index (χ0v) is 15.3. The Labute approximate surface area is 164 Å². The van der Waals surface area contributed by atoms with Gasteiger partial charge in [0.2, 0.25) is 11.8 Å². The number of rotatable bonds is 4. The van der Waals surface area contributed by atoms with Crippen LogP contribution < -0.4 is 15.4 Å². The minimum atomic E-state index is -1.08. The third-order valence-electron chi connectivity index (χ3n) is 4.62. The van der Waals surface area contributed by atoms with Gasteiger partial charge in [-0.05, 0) is 29.8 Å². The van der Waals surface area contributed by atoms with Crippen molar-refractivity contribution >= 4 is 23.3 Å². The molecule has 0 bridgehead atoms. The average molecular weight is 398 g/mol. The number of hydrogen-bond donors (Lipinski definition) is 2. The number of halogens is 2. The molecular weight excluding hydrogens is 382 g/mol. The van der Waals surface area contributed by atoms with Crippen LogP contribution in [-0.2, 0) is 9.59 Å². The number of carbonyl (C=O) groups excluding carboxylic acids is 2. The van der Waals surface area contributed by atoms with Gasteiger partial charge in [-0.25, -0.2) is 13.5 Å². The monoisotopic (exact) mass is 398 g/mol. The highest BCUT2D eigenvalue weighted by Crippen LogP contribution is 2.35. The lowest BCUT2D eigenvalue weighted by atomic mass is 10.1. The van der Waals surface area contributed by atoms with Crippen molar-refractivity contribution in [2.24, 2.45) is 0 Å². The van der Waals surface area contributed by atoms with Gasteiger partial charge >= 0.3 is 0 Å². The molecule has 1 atom stereocenters. The number of hydrogen-bond acceptors (Lipinski definition) is 4. The van der Waals surface area contributed by atoms with Gasteiger partial charge < -0.3 is 15.4 Å². The lowest BCUT2D eigenvalue weighted by molar-refractivity contribution is -0.125. The van der Waals surface area contributed by atoms with Crippen LogP contribution in [0.15, 0.2) is 48.7 Å². The molecule has 0 saturated heterocycles. The van der Waals surface area contributed by atoms with Crippen molar-refractivity contribution in [2.45, 2.75) is 12.5 Å². The van der Waals surface area contributed by atoms with E-state index in [9.17, 15) is 18.4 Å². The van der Waals surface area contributed by atoms with Gasteiger partial charge in [-0.15, -0.1) is 0 Å². The Balaban J connectivity index is 1.64. The highest BCUT2D eigenvalue weighted by atomic mass is 19.2. The fourth-order valence-electron chi connectivity index (χ4n) is 3.15. The molecule has 2 aromatic carbocycles. The van der Waals surface area contributed by atoms with Crippen LogP contribution in [0.25, 0.3) is 11.1 Å². The van der Waals surface area contributed by atoms with Crippen LogP contribution in [0.4, 0.5) is 20.3 Å². The molecular formula is C20H16F2N4O3. The van der Waals surface area contributed by atoms with Crippen LogP contribution in [0.1, 0.15) is 12.5 Å². The third-order valence-corrected chi connectivity index (χ3v) is 4.62. The molecule has 29 heavy (non-hydrogen) atoms. The third kappa shape index (κ3) is 3.54. The second-order valence-corrected chi connectivity index (χ2v) is 6.47. The molecule has 4 rings (SSSR count). The molecule has 2 heterocycles. The highest BCUT2D eigenvalue weighted by molar-refractivity contribution is 6.03. The summed E-state index contributed by atoms with van der Waals surface area (Å²) in [7, 11) is 1.56. The van der Waals surface area contributed by atoms with E-state index in [0.29, 0.717) is 17.1 Å². The Morgan fingerprint density at radius 3 is 2.66 bits per heavy atom. The van der Waals surface area contributed by atoms with Crippen LogP contribution in [0, 0.1) is 11.6 Å². The first-order chi connectivity index (χ1) is 14.0. The van der Waals surface area contributed by atoms with Crippen LogP contribution in [0.2, 0.25) is 0 Å². The van der Waals surface area contributed by atoms with Crippen molar-refractivity contribution in [3.8, 4) is 16.9 Å². The van der Waals surface area contributed by atoms with Crippen LogP contribution in [-0.4, -0.2) is 28.7 Å². The molecule has 0 fully saturated rings. The Bertz CT molecular complexity index is 1100. The normalized spacial score (nSPS) is 15.4. The van der Waals surface area contributed by atoms with Crippen LogP contribution in [0.5, 0.6) is 5.75 Å². The maximum atomic E-state index is 13.4. The summed E-state index contributed by atoms with van der Waals surface area (Å²) >= 11 is 0. The molecule has 148 valence electrons. The number of amides is 2. The number of nitrogens with one attached hydrogen (secondary N) is 2. The smallest absolute Gasteiger partial charge is 0.249 e. The van der Waals surface area contributed by atoms with Crippen LogP contribution >= 0.6 is 0 Å². The number of ether oxygens (including phenoxy) is 1. The lowest BCUT2D eigenvalue weighted by Crippen LogP contribution is -2.35.